The van der Waals surface area contributed by atoms with Crippen LogP contribution in [0.15, 0.2) is 36.5 Å². The molecule has 0 spiro atoms. The number of aromatic nitrogens is 4. The first kappa shape index (κ1) is 12.5. The van der Waals surface area contributed by atoms with Crippen LogP contribution in [-0.4, -0.2) is 20.4 Å². The van der Waals surface area contributed by atoms with Crippen molar-refractivity contribution in [1.82, 2.24) is 20.4 Å². The number of hydrogen-bond donors (Lipinski definition) is 3. The van der Waals surface area contributed by atoms with Crippen LogP contribution in [0.1, 0.15) is 17.0 Å². The molecular weight excluding hydrogens is 250 g/mol. The molecule has 5 heteroatoms. The van der Waals surface area contributed by atoms with E-state index in [0.29, 0.717) is 0 Å². The van der Waals surface area contributed by atoms with Gasteiger partial charge < -0.3 is 5.32 Å². The largest absolute Gasteiger partial charge is 0.381 e. The van der Waals surface area contributed by atoms with Crippen molar-refractivity contribution < 1.29 is 0 Å². The molecule has 2 aromatic heterocycles. The van der Waals surface area contributed by atoms with Crippen LogP contribution in [0.3, 0.4) is 0 Å². The average molecular weight is 267 g/mol. The Labute approximate surface area is 117 Å². The minimum absolute atomic E-state index is 0.764. The van der Waals surface area contributed by atoms with Gasteiger partial charge >= 0.3 is 0 Å². The second kappa shape index (κ2) is 5.21. The molecule has 2 heterocycles. The number of anilines is 1. The lowest BCUT2D eigenvalue weighted by molar-refractivity contribution is 1.02. The van der Waals surface area contributed by atoms with Crippen molar-refractivity contribution in [3.63, 3.8) is 0 Å². The van der Waals surface area contributed by atoms with Gasteiger partial charge in [-0.1, -0.05) is 12.1 Å². The van der Waals surface area contributed by atoms with E-state index in [0.717, 1.165) is 34.9 Å². The van der Waals surface area contributed by atoms with Crippen LogP contribution in [0.4, 0.5) is 5.69 Å². The van der Waals surface area contributed by atoms with Gasteiger partial charge in [0, 0.05) is 35.2 Å². The van der Waals surface area contributed by atoms with E-state index in [2.05, 4.69) is 43.9 Å². The van der Waals surface area contributed by atoms with Crippen LogP contribution < -0.4 is 5.32 Å². The molecule has 0 aliphatic heterocycles. The standard InChI is InChI=1S/C15H17N5/c1-10-14(11(2)19-18-10)9-16-13-5-3-4-12(8-13)15-6-7-17-20-15/h3-8,16H,9H2,1-2H3,(H,17,20)(H,18,19). The van der Waals surface area contributed by atoms with E-state index in [4.69, 9.17) is 0 Å². The maximum atomic E-state index is 4.21. The summed E-state index contributed by atoms with van der Waals surface area (Å²) in [6, 6.07) is 10.2. The number of aromatic amines is 2. The Kier molecular flexibility index (Phi) is 3.25. The second-order valence-electron chi connectivity index (χ2n) is 4.82. The highest BCUT2D eigenvalue weighted by molar-refractivity contribution is 5.64. The zero-order valence-electron chi connectivity index (χ0n) is 11.6. The monoisotopic (exact) mass is 267 g/mol. The average Bonchev–Trinajstić information content (AvgIpc) is 3.09. The van der Waals surface area contributed by atoms with E-state index in [1.807, 2.05) is 26.0 Å². The Morgan fingerprint density at radius 1 is 1.15 bits per heavy atom. The molecule has 0 aliphatic carbocycles. The molecule has 3 N–H and O–H groups in total. The Morgan fingerprint density at radius 3 is 2.75 bits per heavy atom. The van der Waals surface area contributed by atoms with Gasteiger partial charge in [0.05, 0.1) is 11.4 Å². The van der Waals surface area contributed by atoms with E-state index in [1.165, 1.54) is 5.56 Å². The number of nitrogens with one attached hydrogen (secondary N) is 3. The fourth-order valence-electron chi connectivity index (χ4n) is 2.24. The van der Waals surface area contributed by atoms with Crippen molar-refractivity contribution in [2.45, 2.75) is 20.4 Å². The van der Waals surface area contributed by atoms with Crippen LogP contribution in [0.5, 0.6) is 0 Å². The van der Waals surface area contributed by atoms with E-state index in [9.17, 15) is 0 Å². The number of hydrogen-bond acceptors (Lipinski definition) is 3. The summed E-state index contributed by atoms with van der Waals surface area (Å²) in [5.41, 5.74) is 6.59. The second-order valence-corrected chi connectivity index (χ2v) is 4.82. The maximum absolute atomic E-state index is 4.21. The molecule has 1 aromatic carbocycles. The molecule has 0 radical (unpaired) electrons. The van der Waals surface area contributed by atoms with Gasteiger partial charge in [-0.2, -0.15) is 10.2 Å². The first-order chi connectivity index (χ1) is 9.74. The Hall–Kier alpha value is -2.56. The van der Waals surface area contributed by atoms with E-state index < -0.39 is 0 Å². The molecule has 20 heavy (non-hydrogen) atoms. The van der Waals surface area contributed by atoms with Crippen molar-refractivity contribution in [1.29, 1.82) is 0 Å². The number of H-pyrrole nitrogens is 2. The maximum Gasteiger partial charge on any atom is 0.0650 e. The molecular formula is C15H17N5. The Bertz CT molecular complexity index is 677. The van der Waals surface area contributed by atoms with Gasteiger partial charge in [-0.25, -0.2) is 0 Å². The van der Waals surface area contributed by atoms with Crippen LogP contribution in [0.25, 0.3) is 11.3 Å². The van der Waals surface area contributed by atoms with Crippen molar-refractivity contribution in [3.8, 4) is 11.3 Å². The molecule has 0 fully saturated rings. The van der Waals surface area contributed by atoms with Crippen molar-refractivity contribution in [2.75, 3.05) is 5.32 Å². The summed E-state index contributed by atoms with van der Waals surface area (Å²) in [6.45, 7) is 4.82. The van der Waals surface area contributed by atoms with Crippen molar-refractivity contribution in [3.05, 3.63) is 53.5 Å². The summed E-state index contributed by atoms with van der Waals surface area (Å²) in [4.78, 5) is 0. The third-order valence-corrected chi connectivity index (χ3v) is 3.42. The SMILES string of the molecule is Cc1n[nH]c(C)c1CNc1cccc(-c2ccn[nH]2)c1. The summed E-state index contributed by atoms with van der Waals surface area (Å²) in [6.07, 6.45) is 1.76. The Morgan fingerprint density at radius 2 is 2.05 bits per heavy atom. The normalized spacial score (nSPS) is 10.7. The van der Waals surface area contributed by atoms with Crippen LogP contribution in [-0.2, 0) is 6.54 Å². The molecule has 0 saturated carbocycles. The third-order valence-electron chi connectivity index (χ3n) is 3.42. The van der Waals surface area contributed by atoms with Crippen LogP contribution in [0.2, 0.25) is 0 Å². The Balaban J connectivity index is 1.77. The van der Waals surface area contributed by atoms with E-state index >= 15 is 0 Å². The summed E-state index contributed by atoms with van der Waals surface area (Å²) in [5.74, 6) is 0. The van der Waals surface area contributed by atoms with Crippen molar-refractivity contribution >= 4 is 5.69 Å². The fraction of sp³-hybridized carbons (Fsp3) is 0.200. The van der Waals surface area contributed by atoms with E-state index in [1.54, 1.807) is 6.20 Å². The molecule has 0 aliphatic rings. The molecule has 3 rings (SSSR count). The first-order valence-corrected chi connectivity index (χ1v) is 6.58. The van der Waals surface area contributed by atoms with Gasteiger partial charge in [0.1, 0.15) is 0 Å². The van der Waals surface area contributed by atoms with Crippen LogP contribution >= 0.6 is 0 Å². The first-order valence-electron chi connectivity index (χ1n) is 6.58. The predicted octanol–water partition coefficient (Wildman–Crippen LogP) is 3.03. The summed E-state index contributed by atoms with van der Waals surface area (Å²) in [5, 5.41) is 17.6. The van der Waals surface area contributed by atoms with E-state index in [-0.39, 0.29) is 0 Å². The van der Waals surface area contributed by atoms with Gasteiger partial charge in [0.15, 0.2) is 0 Å². The smallest absolute Gasteiger partial charge is 0.0650 e. The van der Waals surface area contributed by atoms with Gasteiger partial charge in [-0.05, 0) is 32.0 Å². The molecule has 3 aromatic rings. The minimum atomic E-state index is 0.764. The molecule has 0 amide bonds. The molecule has 0 unspecified atom stereocenters. The minimum Gasteiger partial charge on any atom is -0.381 e. The van der Waals surface area contributed by atoms with Crippen molar-refractivity contribution in [2.24, 2.45) is 0 Å². The lowest BCUT2D eigenvalue weighted by Gasteiger charge is -2.08. The highest BCUT2D eigenvalue weighted by Gasteiger charge is 2.06. The topological polar surface area (TPSA) is 69.4 Å². The number of aryl methyl sites for hydroxylation is 2. The molecule has 0 saturated heterocycles. The lowest BCUT2D eigenvalue weighted by atomic mass is 10.1. The zero-order chi connectivity index (χ0) is 13.9. The quantitative estimate of drug-likeness (QED) is 0.680. The van der Waals surface area contributed by atoms with Gasteiger partial charge in [-0.3, -0.25) is 10.2 Å². The predicted molar refractivity (Wildman–Crippen MR) is 79.4 cm³/mol. The van der Waals surface area contributed by atoms with Gasteiger partial charge in [0.2, 0.25) is 0 Å². The highest BCUT2D eigenvalue weighted by Crippen LogP contribution is 2.21. The fourth-order valence-corrected chi connectivity index (χ4v) is 2.24. The summed E-state index contributed by atoms with van der Waals surface area (Å²) >= 11 is 0. The number of rotatable bonds is 4. The van der Waals surface area contributed by atoms with Crippen LogP contribution in [0, 0.1) is 13.8 Å². The lowest BCUT2D eigenvalue weighted by Crippen LogP contribution is -2.01. The molecule has 0 bridgehead atoms. The zero-order valence-corrected chi connectivity index (χ0v) is 11.6. The van der Waals surface area contributed by atoms with Gasteiger partial charge in [0.25, 0.3) is 0 Å². The number of benzene rings is 1. The van der Waals surface area contributed by atoms with Gasteiger partial charge in [-0.15, -0.1) is 0 Å². The summed E-state index contributed by atoms with van der Waals surface area (Å²) in [7, 11) is 0. The summed E-state index contributed by atoms with van der Waals surface area (Å²) < 4.78 is 0. The molecule has 0 atom stereocenters. The molecule has 102 valence electrons. The third kappa shape index (κ3) is 2.42. The molecule has 5 nitrogen and oxygen atoms in total. The number of nitrogens with zero attached hydrogens (tertiary/aromatic N) is 2. The highest BCUT2D eigenvalue weighted by atomic mass is 15.1.